The van der Waals surface area contributed by atoms with E-state index in [9.17, 15) is 9.50 Å². The van der Waals surface area contributed by atoms with Crippen LogP contribution >= 0.6 is 0 Å². The summed E-state index contributed by atoms with van der Waals surface area (Å²) < 4.78 is 18.3. The van der Waals surface area contributed by atoms with Crippen molar-refractivity contribution >= 4 is 5.95 Å². The molecule has 0 amide bonds. The molecule has 1 heterocycles. The van der Waals surface area contributed by atoms with E-state index in [1.165, 1.54) is 18.2 Å². The number of phenolic OH excluding ortho intramolecular Hbond substituents is 1. The second-order valence-corrected chi connectivity index (χ2v) is 3.43. The third-order valence-electron chi connectivity index (χ3n) is 2.02. The molecule has 0 aliphatic carbocycles. The van der Waals surface area contributed by atoms with Gasteiger partial charge in [-0.1, -0.05) is 6.07 Å². The Bertz CT molecular complexity index is 490. The summed E-state index contributed by atoms with van der Waals surface area (Å²) in [5.74, 6) is -0.556. The molecule has 2 rings (SSSR count). The van der Waals surface area contributed by atoms with Gasteiger partial charge in [-0.05, 0) is 17.3 Å². The van der Waals surface area contributed by atoms with Gasteiger partial charge >= 0.3 is 0 Å². The summed E-state index contributed by atoms with van der Waals surface area (Å²) in [7, 11) is 3.46. The zero-order valence-corrected chi connectivity index (χ0v) is 8.81. The maximum absolute atomic E-state index is 13.4. The molecule has 0 saturated carbocycles. The van der Waals surface area contributed by atoms with Crippen molar-refractivity contribution in [1.82, 2.24) is 10.1 Å². The van der Waals surface area contributed by atoms with Gasteiger partial charge in [-0.2, -0.15) is 4.98 Å². The molecule has 5 nitrogen and oxygen atoms in total. The molecule has 0 saturated heterocycles. The molecule has 0 spiro atoms. The van der Waals surface area contributed by atoms with E-state index in [0.29, 0.717) is 5.95 Å². The Morgan fingerprint density at radius 3 is 2.69 bits per heavy atom. The van der Waals surface area contributed by atoms with E-state index in [4.69, 9.17) is 4.52 Å². The number of aromatic hydroxyl groups is 1. The average Bonchev–Trinajstić information content (AvgIpc) is 2.66. The SMILES string of the molecule is CN(C)c1noc(-c2c(O)cccc2F)n1. The lowest BCUT2D eigenvalue weighted by atomic mass is 10.2. The molecule has 0 bridgehead atoms. The molecule has 1 N–H and O–H groups in total. The highest BCUT2D eigenvalue weighted by molar-refractivity contribution is 5.63. The highest BCUT2D eigenvalue weighted by Gasteiger charge is 2.17. The van der Waals surface area contributed by atoms with E-state index < -0.39 is 5.82 Å². The van der Waals surface area contributed by atoms with Crippen molar-refractivity contribution in [3.63, 3.8) is 0 Å². The first-order valence-electron chi connectivity index (χ1n) is 4.58. The van der Waals surface area contributed by atoms with Gasteiger partial charge < -0.3 is 14.5 Å². The Balaban J connectivity index is 2.50. The van der Waals surface area contributed by atoms with Crippen molar-refractivity contribution in [3.05, 3.63) is 24.0 Å². The summed E-state index contributed by atoms with van der Waals surface area (Å²) in [6.07, 6.45) is 0. The minimum atomic E-state index is -0.603. The van der Waals surface area contributed by atoms with E-state index in [0.717, 1.165) is 0 Å². The van der Waals surface area contributed by atoms with Crippen molar-refractivity contribution < 1.29 is 14.0 Å². The fraction of sp³-hybridized carbons (Fsp3) is 0.200. The molecule has 1 aromatic heterocycles. The van der Waals surface area contributed by atoms with Crippen LogP contribution < -0.4 is 4.90 Å². The minimum Gasteiger partial charge on any atom is -0.507 e. The molecule has 0 radical (unpaired) electrons. The van der Waals surface area contributed by atoms with Crippen LogP contribution in [-0.4, -0.2) is 29.3 Å². The molecule has 0 fully saturated rings. The largest absolute Gasteiger partial charge is 0.507 e. The summed E-state index contributed by atoms with van der Waals surface area (Å²) in [6, 6.07) is 3.98. The van der Waals surface area contributed by atoms with E-state index in [2.05, 4.69) is 10.1 Å². The van der Waals surface area contributed by atoms with E-state index in [-0.39, 0.29) is 17.2 Å². The number of phenols is 1. The normalized spacial score (nSPS) is 10.4. The number of hydrogen-bond acceptors (Lipinski definition) is 5. The molecule has 84 valence electrons. The van der Waals surface area contributed by atoms with Gasteiger partial charge in [0.25, 0.3) is 11.8 Å². The molecular formula is C10H10FN3O2. The predicted molar refractivity (Wildman–Crippen MR) is 55.7 cm³/mol. The van der Waals surface area contributed by atoms with Crippen LogP contribution in [0.1, 0.15) is 0 Å². The number of nitrogens with zero attached hydrogens (tertiary/aromatic N) is 3. The number of anilines is 1. The number of hydrogen-bond donors (Lipinski definition) is 1. The summed E-state index contributed by atoms with van der Waals surface area (Å²) >= 11 is 0. The Labute approximate surface area is 91.1 Å². The summed E-state index contributed by atoms with van der Waals surface area (Å²) in [5, 5.41) is 13.1. The predicted octanol–water partition coefficient (Wildman–Crippen LogP) is 1.65. The zero-order valence-electron chi connectivity index (χ0n) is 8.81. The fourth-order valence-corrected chi connectivity index (χ4v) is 1.22. The monoisotopic (exact) mass is 223 g/mol. The molecule has 1 aromatic carbocycles. The van der Waals surface area contributed by atoms with E-state index >= 15 is 0 Å². The molecule has 0 unspecified atom stereocenters. The average molecular weight is 223 g/mol. The lowest BCUT2D eigenvalue weighted by Gasteiger charge is -2.02. The zero-order chi connectivity index (χ0) is 11.7. The van der Waals surface area contributed by atoms with Gasteiger partial charge in [0.2, 0.25) is 0 Å². The molecule has 0 aliphatic rings. The Morgan fingerprint density at radius 1 is 1.38 bits per heavy atom. The third-order valence-corrected chi connectivity index (χ3v) is 2.02. The Hall–Kier alpha value is -2.11. The molecule has 0 aliphatic heterocycles. The molecule has 0 atom stereocenters. The second kappa shape index (κ2) is 3.80. The van der Waals surface area contributed by atoms with Crippen LogP contribution in [0.4, 0.5) is 10.3 Å². The minimum absolute atomic E-state index is 0.0423. The fourth-order valence-electron chi connectivity index (χ4n) is 1.22. The van der Waals surface area contributed by atoms with Crippen LogP contribution in [0.5, 0.6) is 5.75 Å². The van der Waals surface area contributed by atoms with Gasteiger partial charge in [0, 0.05) is 14.1 Å². The summed E-state index contributed by atoms with van der Waals surface area (Å²) in [4.78, 5) is 5.57. The van der Waals surface area contributed by atoms with Crippen LogP contribution in [-0.2, 0) is 0 Å². The first-order chi connectivity index (χ1) is 7.59. The Kier molecular flexibility index (Phi) is 2.47. The number of benzene rings is 1. The van der Waals surface area contributed by atoms with Gasteiger partial charge in [-0.3, -0.25) is 0 Å². The first kappa shape index (κ1) is 10.4. The highest BCUT2D eigenvalue weighted by atomic mass is 19.1. The van der Waals surface area contributed by atoms with Gasteiger partial charge in [0.1, 0.15) is 17.1 Å². The molecule has 16 heavy (non-hydrogen) atoms. The van der Waals surface area contributed by atoms with Crippen LogP contribution in [0.2, 0.25) is 0 Å². The van der Waals surface area contributed by atoms with Gasteiger partial charge in [0.15, 0.2) is 0 Å². The highest BCUT2D eigenvalue weighted by Crippen LogP contribution is 2.30. The maximum atomic E-state index is 13.4. The van der Waals surface area contributed by atoms with E-state index in [1.807, 2.05) is 0 Å². The van der Waals surface area contributed by atoms with Gasteiger partial charge in [-0.15, -0.1) is 0 Å². The van der Waals surface area contributed by atoms with Crippen molar-refractivity contribution in [1.29, 1.82) is 0 Å². The van der Waals surface area contributed by atoms with Crippen molar-refractivity contribution in [2.45, 2.75) is 0 Å². The van der Waals surface area contributed by atoms with Crippen LogP contribution in [0, 0.1) is 5.82 Å². The smallest absolute Gasteiger partial charge is 0.266 e. The lowest BCUT2D eigenvalue weighted by molar-refractivity contribution is 0.420. The standard InChI is InChI=1S/C10H10FN3O2/c1-14(2)10-12-9(16-13-10)8-6(11)4-3-5-7(8)15/h3-5,15H,1-2H3. The maximum Gasteiger partial charge on any atom is 0.266 e. The Morgan fingerprint density at radius 2 is 2.12 bits per heavy atom. The number of rotatable bonds is 2. The topological polar surface area (TPSA) is 62.4 Å². The molecular weight excluding hydrogens is 213 g/mol. The summed E-state index contributed by atoms with van der Waals surface area (Å²) in [5.41, 5.74) is -0.0805. The second-order valence-electron chi connectivity index (χ2n) is 3.43. The van der Waals surface area contributed by atoms with E-state index in [1.54, 1.807) is 19.0 Å². The third kappa shape index (κ3) is 1.69. The number of halogens is 1. The van der Waals surface area contributed by atoms with Crippen molar-refractivity contribution in [2.24, 2.45) is 0 Å². The lowest BCUT2D eigenvalue weighted by Crippen LogP contribution is -2.10. The summed E-state index contributed by atoms with van der Waals surface area (Å²) in [6.45, 7) is 0. The quantitative estimate of drug-likeness (QED) is 0.838. The van der Waals surface area contributed by atoms with Crippen LogP contribution in [0.15, 0.2) is 22.7 Å². The molecule has 6 heteroatoms. The first-order valence-corrected chi connectivity index (χ1v) is 4.58. The van der Waals surface area contributed by atoms with Crippen molar-refractivity contribution in [2.75, 3.05) is 19.0 Å². The van der Waals surface area contributed by atoms with Crippen molar-refractivity contribution in [3.8, 4) is 17.2 Å². The van der Waals surface area contributed by atoms with Crippen LogP contribution in [0.25, 0.3) is 11.5 Å². The van der Waals surface area contributed by atoms with Gasteiger partial charge in [0.05, 0.1) is 0 Å². The van der Waals surface area contributed by atoms with Crippen LogP contribution in [0.3, 0.4) is 0 Å². The van der Waals surface area contributed by atoms with Gasteiger partial charge in [-0.25, -0.2) is 4.39 Å². The molecule has 2 aromatic rings. The number of aromatic nitrogens is 2.